The number of fused-ring (bicyclic) bond motifs is 2. The maximum Gasteiger partial charge on any atom is 0.257 e. The van der Waals surface area contributed by atoms with E-state index in [0.717, 1.165) is 22.9 Å². The summed E-state index contributed by atoms with van der Waals surface area (Å²) in [5.74, 6) is 0.548. The van der Waals surface area contributed by atoms with E-state index in [0.29, 0.717) is 30.0 Å². The first-order valence-electron chi connectivity index (χ1n) is 8.64. The van der Waals surface area contributed by atoms with E-state index in [4.69, 9.17) is 4.74 Å². The quantitative estimate of drug-likeness (QED) is 0.774. The summed E-state index contributed by atoms with van der Waals surface area (Å²) in [4.78, 5) is 29.6. The highest BCUT2D eigenvalue weighted by Crippen LogP contribution is 2.27. The Morgan fingerprint density at radius 1 is 1.15 bits per heavy atom. The molecule has 5 heteroatoms. The molecule has 0 atom stereocenters. The number of aromatic amines is 1. The molecular formula is C21H20N2O3. The summed E-state index contributed by atoms with van der Waals surface area (Å²) in [6, 6.07) is 13.3. The van der Waals surface area contributed by atoms with E-state index in [1.54, 1.807) is 19.2 Å². The number of hydrogen-bond acceptors (Lipinski definition) is 3. The van der Waals surface area contributed by atoms with Gasteiger partial charge in [-0.15, -0.1) is 0 Å². The Labute approximate surface area is 151 Å². The number of benzene rings is 2. The molecule has 2 heterocycles. The lowest BCUT2D eigenvalue weighted by Gasteiger charge is -2.29. The van der Waals surface area contributed by atoms with Crippen LogP contribution in [0.25, 0.3) is 10.9 Å². The minimum absolute atomic E-state index is 0.0365. The first-order chi connectivity index (χ1) is 12.6. The van der Waals surface area contributed by atoms with Crippen LogP contribution in [0.2, 0.25) is 0 Å². The van der Waals surface area contributed by atoms with Gasteiger partial charge >= 0.3 is 0 Å². The van der Waals surface area contributed by atoms with Crippen LogP contribution in [0.4, 0.5) is 0 Å². The molecule has 4 rings (SSSR count). The molecule has 1 amide bonds. The van der Waals surface area contributed by atoms with Crippen molar-refractivity contribution in [3.05, 3.63) is 75.1 Å². The second-order valence-corrected chi connectivity index (χ2v) is 6.67. The lowest BCUT2D eigenvalue weighted by Crippen LogP contribution is -2.36. The van der Waals surface area contributed by atoms with Crippen molar-refractivity contribution in [3.63, 3.8) is 0 Å². The van der Waals surface area contributed by atoms with Crippen molar-refractivity contribution in [2.24, 2.45) is 0 Å². The maximum atomic E-state index is 12.9. The van der Waals surface area contributed by atoms with Gasteiger partial charge in [-0.2, -0.15) is 0 Å². The van der Waals surface area contributed by atoms with E-state index < -0.39 is 0 Å². The van der Waals surface area contributed by atoms with Crippen LogP contribution in [0, 0.1) is 6.92 Å². The zero-order valence-corrected chi connectivity index (χ0v) is 14.8. The van der Waals surface area contributed by atoms with Gasteiger partial charge in [0.05, 0.1) is 12.7 Å². The maximum absolute atomic E-state index is 12.9. The van der Waals surface area contributed by atoms with Crippen LogP contribution in [-0.2, 0) is 13.0 Å². The van der Waals surface area contributed by atoms with E-state index in [2.05, 4.69) is 11.1 Å². The minimum Gasteiger partial charge on any atom is -0.496 e. The predicted molar refractivity (Wildman–Crippen MR) is 101 cm³/mol. The number of methoxy groups -OCH3 is 1. The van der Waals surface area contributed by atoms with E-state index in [1.807, 2.05) is 36.1 Å². The van der Waals surface area contributed by atoms with Gasteiger partial charge in [0.15, 0.2) is 0 Å². The van der Waals surface area contributed by atoms with Crippen LogP contribution >= 0.6 is 0 Å². The molecular weight excluding hydrogens is 328 g/mol. The number of nitrogens with zero attached hydrogens (tertiary/aromatic N) is 1. The molecule has 0 saturated carbocycles. The van der Waals surface area contributed by atoms with Crippen molar-refractivity contribution in [1.82, 2.24) is 9.88 Å². The Kier molecular flexibility index (Phi) is 3.99. The van der Waals surface area contributed by atoms with Gasteiger partial charge in [0, 0.05) is 24.2 Å². The van der Waals surface area contributed by atoms with Crippen molar-refractivity contribution < 1.29 is 9.53 Å². The first kappa shape index (κ1) is 16.4. The minimum atomic E-state index is -0.0739. The fourth-order valence-corrected chi connectivity index (χ4v) is 3.54. The lowest BCUT2D eigenvalue weighted by atomic mass is 9.96. The average molecular weight is 348 g/mol. The van der Waals surface area contributed by atoms with Gasteiger partial charge in [-0.1, -0.05) is 12.1 Å². The number of ether oxygens (including phenoxy) is 1. The number of hydrogen-bond donors (Lipinski definition) is 1. The molecule has 1 aliphatic heterocycles. The fourth-order valence-electron chi connectivity index (χ4n) is 3.54. The summed E-state index contributed by atoms with van der Waals surface area (Å²) in [6.45, 7) is 3.00. The number of carbonyl (C=O) groups excluding carboxylic acids is 1. The first-order valence-corrected chi connectivity index (χ1v) is 8.64. The summed E-state index contributed by atoms with van der Waals surface area (Å²) >= 11 is 0. The highest BCUT2D eigenvalue weighted by molar-refractivity contribution is 5.97. The van der Waals surface area contributed by atoms with Gasteiger partial charge in [-0.25, -0.2) is 0 Å². The second-order valence-electron chi connectivity index (χ2n) is 6.67. The van der Waals surface area contributed by atoms with Gasteiger partial charge in [0.25, 0.3) is 11.5 Å². The van der Waals surface area contributed by atoms with E-state index in [9.17, 15) is 9.59 Å². The monoisotopic (exact) mass is 348 g/mol. The Morgan fingerprint density at radius 2 is 1.96 bits per heavy atom. The molecule has 0 saturated heterocycles. The molecule has 0 bridgehead atoms. The molecule has 0 aliphatic carbocycles. The molecule has 1 aromatic heterocycles. The van der Waals surface area contributed by atoms with Crippen molar-refractivity contribution in [3.8, 4) is 5.75 Å². The third-order valence-corrected chi connectivity index (χ3v) is 4.99. The Balaban J connectivity index is 1.69. The Morgan fingerprint density at radius 3 is 2.77 bits per heavy atom. The number of rotatable bonds is 2. The Bertz CT molecular complexity index is 1070. The molecule has 1 N–H and O–H groups in total. The zero-order chi connectivity index (χ0) is 18.3. The van der Waals surface area contributed by atoms with Crippen molar-refractivity contribution in [2.45, 2.75) is 19.9 Å². The molecule has 5 nitrogen and oxygen atoms in total. The summed E-state index contributed by atoms with van der Waals surface area (Å²) in [7, 11) is 1.57. The summed E-state index contributed by atoms with van der Waals surface area (Å²) in [6.07, 6.45) is 0.796. The molecule has 1 aliphatic rings. The van der Waals surface area contributed by atoms with Gasteiger partial charge < -0.3 is 14.6 Å². The van der Waals surface area contributed by atoms with Crippen LogP contribution in [0.1, 0.15) is 27.0 Å². The van der Waals surface area contributed by atoms with E-state index in [1.165, 1.54) is 5.56 Å². The van der Waals surface area contributed by atoms with Crippen LogP contribution in [0.5, 0.6) is 5.75 Å². The average Bonchev–Trinajstić information content (AvgIpc) is 2.66. The summed E-state index contributed by atoms with van der Waals surface area (Å²) in [5.41, 5.74) is 4.32. The molecule has 0 unspecified atom stereocenters. The molecule has 26 heavy (non-hydrogen) atoms. The number of aryl methyl sites for hydroxylation is 1. The van der Waals surface area contributed by atoms with Crippen LogP contribution in [0.15, 0.2) is 47.3 Å². The van der Waals surface area contributed by atoms with Crippen LogP contribution in [-0.4, -0.2) is 29.4 Å². The number of nitrogens with one attached hydrogen (secondary N) is 1. The molecule has 3 aromatic rings. The normalized spacial score (nSPS) is 13.5. The van der Waals surface area contributed by atoms with Gasteiger partial charge in [-0.05, 0) is 60.2 Å². The number of pyridine rings is 1. The van der Waals surface area contributed by atoms with Crippen molar-refractivity contribution >= 4 is 16.8 Å². The highest BCUT2D eigenvalue weighted by Gasteiger charge is 2.24. The fraction of sp³-hybridized carbons (Fsp3) is 0.238. The van der Waals surface area contributed by atoms with Gasteiger partial charge in [0.2, 0.25) is 0 Å². The largest absolute Gasteiger partial charge is 0.496 e. The van der Waals surface area contributed by atoms with Crippen LogP contribution < -0.4 is 10.3 Å². The number of para-hydroxylation sites is 1. The standard InChI is InChI=1S/C21H20N2O3/c1-13-9-15-10-14-7-8-23(12-16(14)11-18(15)22-20(13)24)21(25)17-5-3-4-6-19(17)26-2/h3-6,9-11H,7-8,12H2,1-2H3,(H,22,24). The molecule has 0 spiro atoms. The van der Waals surface area contributed by atoms with Crippen LogP contribution in [0.3, 0.4) is 0 Å². The Hall–Kier alpha value is -3.08. The topological polar surface area (TPSA) is 62.4 Å². The summed E-state index contributed by atoms with van der Waals surface area (Å²) in [5, 5.41) is 1.03. The third kappa shape index (κ3) is 2.75. The lowest BCUT2D eigenvalue weighted by molar-refractivity contribution is 0.0731. The predicted octanol–water partition coefficient (Wildman–Crippen LogP) is 3.04. The number of amides is 1. The van der Waals surface area contributed by atoms with E-state index in [-0.39, 0.29) is 11.5 Å². The van der Waals surface area contributed by atoms with Gasteiger partial charge in [0.1, 0.15) is 5.75 Å². The molecule has 0 fully saturated rings. The van der Waals surface area contributed by atoms with E-state index >= 15 is 0 Å². The second kappa shape index (κ2) is 6.33. The zero-order valence-electron chi connectivity index (χ0n) is 14.8. The molecule has 2 aromatic carbocycles. The SMILES string of the molecule is COc1ccccc1C(=O)N1CCc2cc3cc(C)c(=O)[nH]c3cc2C1. The van der Waals surface area contributed by atoms with Gasteiger partial charge in [-0.3, -0.25) is 9.59 Å². The van der Waals surface area contributed by atoms with Crippen molar-refractivity contribution in [1.29, 1.82) is 0 Å². The number of H-pyrrole nitrogens is 1. The summed E-state index contributed by atoms with van der Waals surface area (Å²) < 4.78 is 5.32. The number of carbonyl (C=O) groups is 1. The smallest absolute Gasteiger partial charge is 0.257 e. The highest BCUT2D eigenvalue weighted by atomic mass is 16.5. The number of aromatic nitrogens is 1. The third-order valence-electron chi connectivity index (χ3n) is 4.99. The molecule has 132 valence electrons. The molecule has 0 radical (unpaired) electrons. The van der Waals surface area contributed by atoms with Crippen molar-refractivity contribution in [2.75, 3.05) is 13.7 Å².